The molecule has 0 aliphatic rings. The molecule has 3 nitrogen and oxygen atoms in total. The summed E-state index contributed by atoms with van der Waals surface area (Å²) >= 11 is 0. The number of benzene rings is 1. The van der Waals surface area contributed by atoms with Crippen molar-refractivity contribution in [1.29, 1.82) is 0 Å². The van der Waals surface area contributed by atoms with Gasteiger partial charge >= 0.3 is 35.5 Å². The zero-order valence-corrected chi connectivity index (χ0v) is 9.36. The summed E-state index contributed by atoms with van der Waals surface area (Å²) in [6.45, 7) is 3.46. The second kappa shape index (κ2) is 5.94. The fourth-order valence-electron chi connectivity index (χ4n) is 0.812. The minimum absolute atomic E-state index is 0. The minimum atomic E-state index is -0.832. The molecule has 13 heavy (non-hydrogen) atoms. The van der Waals surface area contributed by atoms with Gasteiger partial charge in [0.15, 0.2) is 0 Å². The molecule has 0 spiro atoms. The van der Waals surface area contributed by atoms with Crippen molar-refractivity contribution in [3.05, 3.63) is 42.5 Å². The third kappa shape index (κ3) is 3.32. The summed E-state index contributed by atoms with van der Waals surface area (Å²) in [5, 5.41) is 8.06. The molecule has 0 heterocycles. The Bertz CT molecular complexity index is 300. The van der Waals surface area contributed by atoms with Gasteiger partial charge in [0, 0.05) is 0 Å². The molecule has 0 atom stereocenters. The van der Waals surface area contributed by atoms with Crippen LogP contribution in [0.15, 0.2) is 36.9 Å². The Morgan fingerprint density at radius 2 is 1.92 bits per heavy atom. The second-order valence-corrected chi connectivity index (χ2v) is 2.22. The molecule has 1 N–H and O–H groups in total. The molecule has 0 saturated heterocycles. The van der Waals surface area contributed by atoms with E-state index in [1.165, 1.54) is 0 Å². The maximum atomic E-state index is 10.7. The fraction of sp³-hybridized carbons (Fsp3) is 0. The van der Waals surface area contributed by atoms with Gasteiger partial charge in [-0.2, -0.15) is 5.26 Å². The average molecular weight is 188 g/mol. The summed E-state index contributed by atoms with van der Waals surface area (Å²) in [6, 6.07) is 8.77. The third-order valence-corrected chi connectivity index (χ3v) is 1.45. The van der Waals surface area contributed by atoms with Crippen LogP contribution in [0.5, 0.6) is 0 Å². The van der Waals surface area contributed by atoms with E-state index in [1.54, 1.807) is 24.3 Å². The van der Waals surface area contributed by atoms with Gasteiger partial charge in [0.25, 0.3) is 0 Å². The Morgan fingerprint density at radius 3 is 2.38 bits per heavy atom. The van der Waals surface area contributed by atoms with Crippen LogP contribution in [-0.2, 0) is 9.68 Å². The summed E-state index contributed by atoms with van der Waals surface area (Å²) in [6.07, 6.45) is 0. The Hall–Kier alpha value is -0.610. The topological polar surface area (TPSA) is 46.5 Å². The zero-order chi connectivity index (χ0) is 8.97. The van der Waals surface area contributed by atoms with Crippen molar-refractivity contribution in [2.75, 3.05) is 0 Å². The van der Waals surface area contributed by atoms with Crippen LogP contribution in [0.2, 0.25) is 0 Å². The Morgan fingerprint density at radius 1 is 1.38 bits per heavy atom. The monoisotopic (exact) mass is 188 g/mol. The van der Waals surface area contributed by atoms with E-state index in [0.29, 0.717) is 5.56 Å². The van der Waals surface area contributed by atoms with Crippen LogP contribution in [-0.4, -0.2) is 11.2 Å². The van der Waals surface area contributed by atoms with Gasteiger partial charge in [-0.15, -0.1) is 0 Å². The van der Waals surface area contributed by atoms with Gasteiger partial charge in [-0.1, -0.05) is 36.9 Å². The van der Waals surface area contributed by atoms with Crippen LogP contribution in [0, 0.1) is 0 Å². The van der Waals surface area contributed by atoms with E-state index in [4.69, 9.17) is 5.26 Å². The van der Waals surface area contributed by atoms with Crippen molar-refractivity contribution in [2.24, 2.45) is 0 Å². The molecule has 0 aliphatic carbocycles. The standard InChI is InChI=1S/C9H8O3.Na.H/c1-7(9(10)12-11)8-5-3-2-4-6-8;;/h2-6,11H,1H2;;/q;+1;-1. The number of carbonyl (C=O) groups is 1. The molecule has 0 aliphatic heterocycles. The molecule has 1 aromatic rings. The summed E-state index contributed by atoms with van der Waals surface area (Å²) in [7, 11) is 0. The van der Waals surface area contributed by atoms with E-state index >= 15 is 0 Å². The first kappa shape index (κ1) is 12.4. The van der Waals surface area contributed by atoms with E-state index in [9.17, 15) is 4.79 Å². The van der Waals surface area contributed by atoms with Gasteiger partial charge in [0.2, 0.25) is 0 Å². The number of hydrogen-bond donors (Lipinski definition) is 1. The molecule has 1 aromatic carbocycles. The number of carbonyl (C=O) groups excluding carboxylic acids is 1. The molecule has 0 saturated carbocycles. The summed E-state index contributed by atoms with van der Waals surface area (Å²) in [5.74, 6) is -0.832. The number of hydrogen-bond acceptors (Lipinski definition) is 3. The Labute approximate surface area is 99.7 Å². The Kier molecular flexibility index (Phi) is 5.66. The fourth-order valence-corrected chi connectivity index (χ4v) is 0.812. The van der Waals surface area contributed by atoms with Crippen molar-refractivity contribution >= 4 is 11.5 Å². The summed E-state index contributed by atoms with van der Waals surface area (Å²) < 4.78 is 0. The predicted octanol–water partition coefficient (Wildman–Crippen LogP) is -1.17. The summed E-state index contributed by atoms with van der Waals surface area (Å²) in [4.78, 5) is 14.3. The van der Waals surface area contributed by atoms with Gasteiger partial charge in [-0.3, -0.25) is 4.89 Å². The first-order chi connectivity index (χ1) is 5.75. The van der Waals surface area contributed by atoms with E-state index in [1.807, 2.05) is 6.07 Å². The van der Waals surface area contributed by atoms with Crippen LogP contribution in [0.3, 0.4) is 0 Å². The van der Waals surface area contributed by atoms with Crippen molar-refractivity contribution in [3.63, 3.8) is 0 Å². The van der Waals surface area contributed by atoms with Crippen LogP contribution in [0.1, 0.15) is 6.99 Å². The molecule has 0 bridgehead atoms. The molecular weight excluding hydrogens is 179 g/mol. The molecule has 0 fully saturated rings. The van der Waals surface area contributed by atoms with Gasteiger partial charge < -0.3 is 1.43 Å². The molecule has 64 valence electrons. The molecule has 0 unspecified atom stereocenters. The Balaban J connectivity index is 0. The van der Waals surface area contributed by atoms with E-state index in [2.05, 4.69) is 11.5 Å². The average Bonchev–Trinajstić information content (AvgIpc) is 2.17. The van der Waals surface area contributed by atoms with Crippen LogP contribution < -0.4 is 29.6 Å². The third-order valence-electron chi connectivity index (χ3n) is 1.45. The van der Waals surface area contributed by atoms with Crippen molar-refractivity contribution in [1.82, 2.24) is 0 Å². The van der Waals surface area contributed by atoms with Crippen LogP contribution >= 0.6 is 0 Å². The molecule has 0 aromatic heterocycles. The number of rotatable bonds is 2. The minimum Gasteiger partial charge on any atom is -1.00 e. The van der Waals surface area contributed by atoms with Gasteiger partial charge in [-0.25, -0.2) is 4.79 Å². The van der Waals surface area contributed by atoms with Gasteiger partial charge in [0.1, 0.15) is 0 Å². The SMILES string of the molecule is C=C(C(=O)OO)c1ccccc1.[H-].[Na+]. The summed E-state index contributed by atoms with van der Waals surface area (Å²) in [5.41, 5.74) is 0.773. The van der Waals surface area contributed by atoms with E-state index in [-0.39, 0.29) is 36.6 Å². The van der Waals surface area contributed by atoms with Crippen molar-refractivity contribution < 1.29 is 45.9 Å². The van der Waals surface area contributed by atoms with Crippen LogP contribution in [0.25, 0.3) is 5.57 Å². The van der Waals surface area contributed by atoms with Crippen LogP contribution in [0.4, 0.5) is 0 Å². The van der Waals surface area contributed by atoms with Gasteiger partial charge in [-0.05, 0) is 5.56 Å². The molecule has 1 rings (SSSR count). The first-order valence-electron chi connectivity index (χ1n) is 3.36. The quantitative estimate of drug-likeness (QED) is 0.275. The maximum absolute atomic E-state index is 10.7. The molecular formula is C9H9NaO3. The zero-order valence-electron chi connectivity index (χ0n) is 8.36. The predicted molar refractivity (Wildman–Crippen MR) is 45.3 cm³/mol. The van der Waals surface area contributed by atoms with Crippen molar-refractivity contribution in [2.45, 2.75) is 0 Å². The molecule has 0 radical (unpaired) electrons. The maximum Gasteiger partial charge on any atom is 1.00 e. The molecule has 4 heteroatoms. The second-order valence-electron chi connectivity index (χ2n) is 2.22. The van der Waals surface area contributed by atoms with E-state index < -0.39 is 5.97 Å². The smallest absolute Gasteiger partial charge is 1.00 e. The largest absolute Gasteiger partial charge is 1.00 e. The van der Waals surface area contributed by atoms with E-state index in [0.717, 1.165) is 0 Å². The van der Waals surface area contributed by atoms with Crippen molar-refractivity contribution in [3.8, 4) is 0 Å². The normalized spacial score (nSPS) is 8.38. The first-order valence-corrected chi connectivity index (χ1v) is 3.36. The van der Waals surface area contributed by atoms with Gasteiger partial charge in [0.05, 0.1) is 5.57 Å². The molecule has 0 amide bonds.